The summed E-state index contributed by atoms with van der Waals surface area (Å²) >= 11 is 0. The summed E-state index contributed by atoms with van der Waals surface area (Å²) in [4.78, 5) is 20.1. The minimum Gasteiger partial charge on any atom is -0.477 e. The largest absolute Gasteiger partial charge is 0.477 e. The van der Waals surface area contributed by atoms with E-state index in [1.165, 1.54) is 16.8 Å². The number of pyridine rings is 1. The SMILES string of the molecule is Cc1ccc(S(=O)(=O)N2CC3(CCN3c3cccc(S(=O)(=O)NC(=O)C4(Oc5cc(C)ccc5C5CCCCC5)CC4)n3)C2)cc1. The summed E-state index contributed by atoms with van der Waals surface area (Å²) < 4.78 is 63.3. The van der Waals surface area contributed by atoms with Crippen molar-refractivity contribution in [2.75, 3.05) is 24.5 Å². The number of carbonyl (C=O) groups is 1. The summed E-state index contributed by atoms with van der Waals surface area (Å²) in [5, 5.41) is -0.266. The van der Waals surface area contributed by atoms with Crippen molar-refractivity contribution in [3.8, 4) is 5.75 Å². The highest BCUT2D eigenvalue weighted by Crippen LogP contribution is 2.46. The highest BCUT2D eigenvalue weighted by Gasteiger charge is 2.58. The molecule has 1 amide bonds. The molecule has 1 spiro atoms. The lowest BCUT2D eigenvalue weighted by Gasteiger charge is -2.62. The topological polar surface area (TPSA) is 126 Å². The Morgan fingerprint density at radius 3 is 2.24 bits per heavy atom. The van der Waals surface area contributed by atoms with Crippen LogP contribution in [0.3, 0.4) is 0 Å². The molecule has 244 valence electrons. The summed E-state index contributed by atoms with van der Waals surface area (Å²) in [5.74, 6) is 0.781. The Bertz CT molecular complexity index is 1880. The van der Waals surface area contributed by atoms with Gasteiger partial charge in [0.1, 0.15) is 11.6 Å². The fourth-order valence-electron chi connectivity index (χ4n) is 7.02. The summed E-state index contributed by atoms with van der Waals surface area (Å²) in [7, 11) is -7.93. The maximum Gasteiger partial charge on any atom is 0.281 e. The molecular formula is C34H40N4O6S2. The Hall–Kier alpha value is -3.48. The molecule has 2 saturated heterocycles. The smallest absolute Gasteiger partial charge is 0.281 e. The van der Waals surface area contributed by atoms with Crippen molar-refractivity contribution < 1.29 is 26.4 Å². The van der Waals surface area contributed by atoms with E-state index in [9.17, 15) is 21.6 Å². The number of anilines is 1. The molecule has 4 fully saturated rings. The summed E-state index contributed by atoms with van der Waals surface area (Å²) in [6, 6.07) is 17.6. The van der Waals surface area contributed by atoms with Crippen LogP contribution in [0.25, 0.3) is 0 Å². The van der Waals surface area contributed by atoms with Gasteiger partial charge in [-0.2, -0.15) is 12.7 Å². The van der Waals surface area contributed by atoms with Crippen LogP contribution in [-0.4, -0.2) is 62.8 Å². The van der Waals surface area contributed by atoms with Crippen LogP contribution >= 0.6 is 0 Å². The molecule has 2 aromatic carbocycles. The van der Waals surface area contributed by atoms with E-state index in [0.29, 0.717) is 50.0 Å². The molecular weight excluding hydrogens is 625 g/mol. The minimum atomic E-state index is -4.30. The molecule has 10 nitrogen and oxygen atoms in total. The summed E-state index contributed by atoms with van der Waals surface area (Å²) in [5.41, 5.74) is 1.42. The van der Waals surface area contributed by atoms with E-state index < -0.39 is 37.1 Å². The van der Waals surface area contributed by atoms with Gasteiger partial charge in [-0.1, -0.05) is 55.2 Å². The van der Waals surface area contributed by atoms with Crippen molar-refractivity contribution in [3.63, 3.8) is 0 Å². The number of amides is 1. The van der Waals surface area contributed by atoms with Crippen molar-refractivity contribution in [1.29, 1.82) is 0 Å². The Labute approximate surface area is 271 Å². The molecule has 3 aromatic rings. The van der Waals surface area contributed by atoms with E-state index in [1.54, 1.807) is 36.4 Å². The molecule has 0 atom stereocenters. The number of ether oxygens (including phenoxy) is 1. The lowest BCUT2D eigenvalue weighted by Crippen LogP contribution is -2.77. The van der Waals surface area contributed by atoms with Gasteiger partial charge in [-0.3, -0.25) is 4.79 Å². The zero-order chi connectivity index (χ0) is 32.3. The molecule has 1 N–H and O–H groups in total. The normalized spacial score (nSPS) is 20.9. The first kappa shape index (κ1) is 31.1. The molecule has 12 heteroatoms. The standard InChI is InChI=1S/C34H40N4O6S2/c1-24-11-14-27(15-12-24)46(42,43)37-22-33(23-37)19-20-38(33)30-9-6-10-31(35-30)45(40,41)36-32(39)34(17-18-34)44-29-21-25(2)13-16-28(29)26-7-4-3-5-8-26/h6,9-16,21,26H,3-5,7-8,17-20,22-23H2,1-2H3,(H,36,39). The average Bonchev–Trinajstić information content (AvgIpc) is 3.77. The zero-order valence-electron chi connectivity index (χ0n) is 26.2. The number of aryl methyl sites for hydroxylation is 2. The van der Waals surface area contributed by atoms with E-state index in [0.717, 1.165) is 48.8 Å². The van der Waals surface area contributed by atoms with Gasteiger partial charge in [0.05, 0.1) is 10.4 Å². The van der Waals surface area contributed by atoms with Crippen molar-refractivity contribution in [2.24, 2.45) is 0 Å². The van der Waals surface area contributed by atoms with Crippen LogP contribution in [-0.2, 0) is 24.8 Å². The number of hydrogen-bond acceptors (Lipinski definition) is 8. The Morgan fingerprint density at radius 1 is 0.891 bits per heavy atom. The van der Waals surface area contributed by atoms with Crippen LogP contribution in [0.4, 0.5) is 5.82 Å². The van der Waals surface area contributed by atoms with Crippen LogP contribution in [0, 0.1) is 13.8 Å². The van der Waals surface area contributed by atoms with Crippen LogP contribution in [0.1, 0.15) is 74.0 Å². The molecule has 7 rings (SSSR count). The minimum absolute atomic E-state index is 0.255. The van der Waals surface area contributed by atoms with Gasteiger partial charge < -0.3 is 9.64 Å². The highest BCUT2D eigenvalue weighted by molar-refractivity contribution is 7.90. The molecule has 4 aliphatic rings. The van der Waals surface area contributed by atoms with Crippen LogP contribution in [0.15, 0.2) is 70.6 Å². The van der Waals surface area contributed by atoms with E-state index in [4.69, 9.17) is 4.74 Å². The quantitative estimate of drug-likeness (QED) is 0.345. The van der Waals surface area contributed by atoms with Gasteiger partial charge in [0.25, 0.3) is 15.9 Å². The molecule has 0 bridgehead atoms. The fraction of sp³-hybridized carbons (Fsp3) is 0.471. The lowest BCUT2D eigenvalue weighted by atomic mass is 9.79. The van der Waals surface area contributed by atoms with Crippen molar-refractivity contribution in [3.05, 3.63) is 77.4 Å². The van der Waals surface area contributed by atoms with Crippen LogP contribution in [0.5, 0.6) is 5.75 Å². The van der Waals surface area contributed by atoms with Gasteiger partial charge in [0.15, 0.2) is 10.6 Å². The molecule has 0 unspecified atom stereocenters. The maximum absolute atomic E-state index is 13.5. The number of benzene rings is 2. The number of sulfonamides is 2. The first-order chi connectivity index (χ1) is 21.9. The second kappa shape index (κ2) is 11.3. The molecule has 0 radical (unpaired) electrons. The van der Waals surface area contributed by atoms with Crippen LogP contribution < -0.4 is 14.4 Å². The Kier molecular flexibility index (Phi) is 7.68. The van der Waals surface area contributed by atoms with Gasteiger partial charge in [-0.05, 0) is 80.5 Å². The second-order valence-electron chi connectivity index (χ2n) is 13.5. The van der Waals surface area contributed by atoms with Crippen molar-refractivity contribution in [2.45, 2.75) is 92.2 Å². The number of rotatable bonds is 9. The van der Waals surface area contributed by atoms with Crippen molar-refractivity contribution >= 4 is 31.8 Å². The van der Waals surface area contributed by atoms with Gasteiger partial charge in [0.2, 0.25) is 10.0 Å². The lowest BCUT2D eigenvalue weighted by molar-refractivity contribution is -0.128. The fourth-order valence-corrected chi connectivity index (χ4v) is 9.62. The second-order valence-corrected chi connectivity index (χ2v) is 17.0. The van der Waals surface area contributed by atoms with E-state index in [2.05, 4.69) is 21.8 Å². The predicted octanol–water partition coefficient (Wildman–Crippen LogP) is 4.82. The molecule has 46 heavy (non-hydrogen) atoms. The van der Waals surface area contributed by atoms with Gasteiger partial charge in [0, 0.05) is 32.5 Å². The van der Waals surface area contributed by atoms with Gasteiger partial charge >= 0.3 is 0 Å². The van der Waals surface area contributed by atoms with E-state index in [-0.39, 0.29) is 9.92 Å². The van der Waals surface area contributed by atoms with E-state index in [1.807, 2.05) is 24.8 Å². The number of nitrogens with zero attached hydrogens (tertiary/aromatic N) is 3. The zero-order valence-corrected chi connectivity index (χ0v) is 27.9. The molecule has 3 heterocycles. The third kappa shape index (κ3) is 5.58. The van der Waals surface area contributed by atoms with E-state index >= 15 is 0 Å². The first-order valence-electron chi connectivity index (χ1n) is 16.1. The average molecular weight is 665 g/mol. The van der Waals surface area contributed by atoms with Gasteiger partial charge in [-0.25, -0.2) is 18.1 Å². The highest BCUT2D eigenvalue weighted by atomic mass is 32.2. The summed E-state index contributed by atoms with van der Waals surface area (Å²) in [6.07, 6.45) is 7.34. The molecule has 2 saturated carbocycles. The first-order valence-corrected chi connectivity index (χ1v) is 19.0. The maximum atomic E-state index is 13.5. The molecule has 2 aliphatic heterocycles. The van der Waals surface area contributed by atoms with Crippen molar-refractivity contribution in [1.82, 2.24) is 14.0 Å². The number of aromatic nitrogens is 1. The summed E-state index contributed by atoms with van der Waals surface area (Å²) in [6.45, 7) is 5.09. The Morgan fingerprint density at radius 2 is 1.59 bits per heavy atom. The van der Waals surface area contributed by atoms with Crippen LogP contribution in [0.2, 0.25) is 0 Å². The third-order valence-corrected chi connectivity index (χ3v) is 13.1. The third-order valence-electron chi connectivity index (χ3n) is 10.1. The predicted molar refractivity (Wildman–Crippen MR) is 174 cm³/mol. The van der Waals surface area contributed by atoms with Gasteiger partial charge in [-0.15, -0.1) is 0 Å². The molecule has 1 aromatic heterocycles. The number of hydrogen-bond donors (Lipinski definition) is 1. The Balaban J connectivity index is 1.04. The molecule has 2 aliphatic carbocycles. The monoisotopic (exact) mass is 664 g/mol. The number of carbonyl (C=O) groups excluding carboxylic acids is 1. The number of nitrogens with one attached hydrogen (secondary N) is 1.